The number of nitrogen functional groups attached to an aromatic ring is 1. The highest BCUT2D eigenvalue weighted by molar-refractivity contribution is 5.88. The van der Waals surface area contributed by atoms with E-state index < -0.39 is 17.5 Å². The summed E-state index contributed by atoms with van der Waals surface area (Å²) in [6.07, 6.45) is 4.20. The molecule has 0 radical (unpaired) electrons. The molecule has 8 nitrogen and oxygen atoms in total. The van der Waals surface area contributed by atoms with Crippen molar-refractivity contribution in [2.24, 2.45) is 0 Å². The summed E-state index contributed by atoms with van der Waals surface area (Å²) < 4.78 is 28.7. The summed E-state index contributed by atoms with van der Waals surface area (Å²) in [6.45, 7) is 8.00. The molecule has 0 unspecified atom stereocenters. The van der Waals surface area contributed by atoms with Crippen LogP contribution in [0.25, 0.3) is 22.0 Å². The van der Waals surface area contributed by atoms with Gasteiger partial charge >= 0.3 is 6.09 Å². The number of ether oxygens (including phenoxy) is 2. The van der Waals surface area contributed by atoms with Crippen molar-refractivity contribution in [2.45, 2.75) is 39.8 Å². The first-order chi connectivity index (χ1) is 15.1. The lowest BCUT2D eigenvalue weighted by Gasteiger charge is -2.18. The van der Waals surface area contributed by atoms with Crippen molar-refractivity contribution in [3.8, 4) is 22.6 Å². The normalized spacial score (nSPS) is 11.7. The van der Waals surface area contributed by atoms with E-state index in [4.69, 9.17) is 15.2 Å². The highest BCUT2D eigenvalue weighted by atomic mass is 19.1. The van der Waals surface area contributed by atoms with Crippen LogP contribution in [0.2, 0.25) is 0 Å². The molecule has 0 aliphatic rings. The first-order valence-corrected chi connectivity index (χ1v) is 10.2. The molecule has 0 atom stereocenters. The lowest BCUT2D eigenvalue weighted by atomic mass is 10.1. The second-order valence-electron chi connectivity index (χ2n) is 8.31. The molecule has 0 aliphatic heterocycles. The van der Waals surface area contributed by atoms with Crippen molar-refractivity contribution in [3.63, 3.8) is 0 Å². The number of carbonyl (C=O) groups excluding carboxylic acids is 1. The predicted molar refractivity (Wildman–Crippen MR) is 119 cm³/mol. The molecule has 0 spiro atoms. The molecule has 2 aromatic carbocycles. The lowest BCUT2D eigenvalue weighted by molar-refractivity contribution is 0.0514. The molecule has 0 aliphatic carbocycles. The van der Waals surface area contributed by atoms with Gasteiger partial charge in [0.15, 0.2) is 11.6 Å². The van der Waals surface area contributed by atoms with Crippen LogP contribution in [0.3, 0.4) is 0 Å². The topological polar surface area (TPSA) is 97.2 Å². The van der Waals surface area contributed by atoms with E-state index in [0.717, 1.165) is 15.6 Å². The number of halogens is 1. The molecule has 4 aromatic rings. The van der Waals surface area contributed by atoms with Crippen molar-refractivity contribution >= 4 is 22.7 Å². The number of aromatic nitrogens is 4. The number of hydrogen-bond acceptors (Lipinski definition) is 6. The van der Waals surface area contributed by atoms with Gasteiger partial charge in [0, 0.05) is 41.0 Å². The Morgan fingerprint density at radius 1 is 1.12 bits per heavy atom. The van der Waals surface area contributed by atoms with Crippen LogP contribution in [0.5, 0.6) is 11.5 Å². The molecule has 0 saturated carbocycles. The fourth-order valence-corrected chi connectivity index (χ4v) is 3.26. The highest BCUT2D eigenvalue weighted by Crippen LogP contribution is 2.38. The Kier molecular flexibility index (Phi) is 5.33. The minimum absolute atomic E-state index is 0.0298. The molecular weight excluding hydrogens is 413 g/mol. The van der Waals surface area contributed by atoms with Crippen LogP contribution in [0.1, 0.15) is 27.7 Å². The van der Waals surface area contributed by atoms with E-state index in [-0.39, 0.29) is 5.75 Å². The first-order valence-electron chi connectivity index (χ1n) is 10.2. The zero-order chi connectivity index (χ0) is 23.0. The molecule has 32 heavy (non-hydrogen) atoms. The van der Waals surface area contributed by atoms with Gasteiger partial charge in [-0.15, -0.1) is 0 Å². The third-order valence-corrected chi connectivity index (χ3v) is 4.69. The van der Waals surface area contributed by atoms with Gasteiger partial charge < -0.3 is 15.2 Å². The monoisotopic (exact) mass is 437 g/mol. The fourth-order valence-electron chi connectivity index (χ4n) is 3.26. The Balaban J connectivity index is 1.80. The Morgan fingerprint density at radius 3 is 2.59 bits per heavy atom. The molecule has 2 N–H and O–H groups in total. The van der Waals surface area contributed by atoms with Crippen LogP contribution in [-0.2, 0) is 11.3 Å². The summed E-state index contributed by atoms with van der Waals surface area (Å²) in [6, 6.07) is 7.89. The van der Waals surface area contributed by atoms with Gasteiger partial charge in [-0.05, 0) is 52.0 Å². The number of nitrogens with two attached hydrogens (primary N) is 1. The number of anilines is 1. The summed E-state index contributed by atoms with van der Waals surface area (Å²) in [5.74, 6) is -0.160. The number of hydrogen-bond donors (Lipinski definition) is 1. The van der Waals surface area contributed by atoms with Crippen LogP contribution in [0.15, 0.2) is 48.9 Å². The third-order valence-electron chi connectivity index (χ3n) is 4.69. The summed E-state index contributed by atoms with van der Waals surface area (Å²) in [4.78, 5) is 12.4. The zero-order valence-corrected chi connectivity index (χ0v) is 18.3. The highest BCUT2D eigenvalue weighted by Gasteiger charge is 2.21. The van der Waals surface area contributed by atoms with E-state index in [9.17, 15) is 9.18 Å². The summed E-state index contributed by atoms with van der Waals surface area (Å²) in [5, 5.41) is 9.35. The van der Waals surface area contributed by atoms with Crippen LogP contribution < -0.4 is 10.5 Å². The van der Waals surface area contributed by atoms with E-state index in [1.165, 1.54) is 18.3 Å². The van der Waals surface area contributed by atoms with E-state index in [1.807, 2.05) is 17.7 Å². The molecule has 0 amide bonds. The van der Waals surface area contributed by atoms with Crippen LogP contribution in [-0.4, -0.2) is 31.3 Å². The number of benzene rings is 2. The van der Waals surface area contributed by atoms with Gasteiger partial charge in [0.05, 0.1) is 17.9 Å². The number of nitrogens with zero attached hydrogens (tertiary/aromatic N) is 4. The Labute approximate surface area is 184 Å². The van der Waals surface area contributed by atoms with Crippen molar-refractivity contribution in [1.82, 2.24) is 19.6 Å². The number of aryl methyl sites for hydroxylation is 1. The van der Waals surface area contributed by atoms with Crippen LogP contribution >= 0.6 is 0 Å². The lowest BCUT2D eigenvalue weighted by Crippen LogP contribution is -2.27. The van der Waals surface area contributed by atoms with Crippen molar-refractivity contribution in [1.29, 1.82) is 0 Å². The maximum atomic E-state index is 14.4. The minimum atomic E-state index is -0.656. The van der Waals surface area contributed by atoms with E-state index in [1.54, 1.807) is 45.3 Å². The molecule has 9 heteroatoms. The Bertz CT molecular complexity index is 1300. The summed E-state index contributed by atoms with van der Waals surface area (Å²) in [5.41, 5.74) is 7.39. The molecule has 2 aromatic heterocycles. The van der Waals surface area contributed by atoms with Gasteiger partial charge in [-0.2, -0.15) is 14.9 Å². The van der Waals surface area contributed by atoms with E-state index in [2.05, 4.69) is 10.2 Å². The molecule has 0 saturated heterocycles. The molecule has 0 bridgehead atoms. The fraction of sp³-hybridized carbons (Fsp3) is 0.261. The van der Waals surface area contributed by atoms with E-state index in [0.29, 0.717) is 29.1 Å². The average Bonchev–Trinajstić information content (AvgIpc) is 3.35. The Morgan fingerprint density at radius 2 is 1.91 bits per heavy atom. The average molecular weight is 437 g/mol. The van der Waals surface area contributed by atoms with Gasteiger partial charge in [-0.25, -0.2) is 9.18 Å². The van der Waals surface area contributed by atoms with E-state index >= 15 is 0 Å². The predicted octanol–water partition coefficient (Wildman–Crippen LogP) is 5.22. The maximum Gasteiger partial charge on any atom is 0.435 e. The molecular formula is C23H24FN5O3. The largest absolute Gasteiger partial charge is 0.454 e. The van der Waals surface area contributed by atoms with Crippen molar-refractivity contribution < 1.29 is 18.7 Å². The molecule has 4 rings (SSSR count). The van der Waals surface area contributed by atoms with Crippen molar-refractivity contribution in [3.05, 3.63) is 54.7 Å². The summed E-state index contributed by atoms with van der Waals surface area (Å²) >= 11 is 0. The quantitative estimate of drug-likeness (QED) is 0.440. The number of rotatable bonds is 4. The van der Waals surface area contributed by atoms with Crippen LogP contribution in [0, 0.1) is 5.82 Å². The summed E-state index contributed by atoms with van der Waals surface area (Å²) in [7, 11) is 0. The SMILES string of the molecule is CCn1ncc2cc(Oc3ccc(N)cc3F)c(-c3cnn(C(=O)OC(C)(C)C)c3)cc21. The third kappa shape index (κ3) is 4.27. The molecule has 166 valence electrons. The number of fused-ring (bicyclic) bond motifs is 1. The van der Waals surface area contributed by atoms with Gasteiger partial charge in [0.2, 0.25) is 0 Å². The maximum absolute atomic E-state index is 14.4. The first kappa shape index (κ1) is 21.4. The minimum Gasteiger partial charge on any atom is -0.454 e. The standard InChI is InChI=1S/C23H24FN5O3/c1-5-28-19-10-17(15-12-27-29(13-15)22(30)32-23(2,3)4)21(8-14(19)11-26-28)31-20-7-6-16(25)9-18(20)24/h6-13H,5,25H2,1-4H3. The van der Waals surface area contributed by atoms with Gasteiger partial charge in [-0.1, -0.05) is 0 Å². The molecule has 2 heterocycles. The van der Waals surface area contributed by atoms with Gasteiger partial charge in [0.1, 0.15) is 11.4 Å². The van der Waals surface area contributed by atoms with Gasteiger partial charge in [0.25, 0.3) is 0 Å². The van der Waals surface area contributed by atoms with Gasteiger partial charge in [-0.3, -0.25) is 4.68 Å². The zero-order valence-electron chi connectivity index (χ0n) is 18.3. The molecule has 0 fully saturated rings. The van der Waals surface area contributed by atoms with Crippen LogP contribution in [0.4, 0.5) is 14.9 Å². The number of carbonyl (C=O) groups is 1. The Hall–Kier alpha value is -3.88. The smallest absolute Gasteiger partial charge is 0.435 e. The van der Waals surface area contributed by atoms with Crippen molar-refractivity contribution in [2.75, 3.05) is 5.73 Å². The second kappa shape index (κ2) is 7.99. The second-order valence-corrected chi connectivity index (χ2v) is 8.31.